The number of aliphatic hydroxyl groups is 1. The zero-order valence-corrected chi connectivity index (χ0v) is 9.71. The van der Waals surface area contributed by atoms with Crippen LogP contribution in [-0.2, 0) is 0 Å². The Bertz CT molecular complexity index is 171. The van der Waals surface area contributed by atoms with Crippen LogP contribution in [0.25, 0.3) is 0 Å². The van der Waals surface area contributed by atoms with Crippen molar-refractivity contribution >= 4 is 0 Å². The fraction of sp³-hybridized carbons (Fsp3) is 1.00. The Labute approximate surface area is 87.5 Å². The quantitative estimate of drug-likeness (QED) is 0.690. The van der Waals surface area contributed by atoms with Crippen LogP contribution in [0.3, 0.4) is 0 Å². The molecule has 1 saturated heterocycles. The molecule has 84 valence electrons. The molecule has 3 nitrogen and oxygen atoms in total. The smallest absolute Gasteiger partial charge is 0.0597 e. The fourth-order valence-electron chi connectivity index (χ4n) is 2.24. The maximum atomic E-state index is 9.20. The van der Waals surface area contributed by atoms with Crippen molar-refractivity contribution in [1.82, 2.24) is 10.2 Å². The number of nitrogens with zero attached hydrogens (tertiary/aromatic N) is 1. The van der Waals surface area contributed by atoms with Crippen LogP contribution in [0.15, 0.2) is 0 Å². The molecular formula is C11H24N2O. The lowest BCUT2D eigenvalue weighted by Crippen LogP contribution is -2.48. The Kier molecular flexibility index (Phi) is 4.35. The topological polar surface area (TPSA) is 35.5 Å². The standard InChI is InChI=1S/C11H24N2O/c1-4-12-10(9-14)8-13-7-5-6-11(13,2)3/h10,12,14H,4-9H2,1-3H3. The number of likely N-dealkylation sites (tertiary alicyclic amines) is 1. The molecule has 2 N–H and O–H groups in total. The first-order valence-corrected chi connectivity index (χ1v) is 5.69. The van der Waals surface area contributed by atoms with Crippen molar-refractivity contribution in [1.29, 1.82) is 0 Å². The van der Waals surface area contributed by atoms with E-state index >= 15 is 0 Å². The Morgan fingerprint density at radius 2 is 2.21 bits per heavy atom. The van der Waals surface area contributed by atoms with Gasteiger partial charge in [0.25, 0.3) is 0 Å². The molecule has 0 amide bonds. The van der Waals surface area contributed by atoms with Crippen molar-refractivity contribution in [3.05, 3.63) is 0 Å². The number of nitrogens with one attached hydrogen (secondary N) is 1. The highest BCUT2D eigenvalue weighted by molar-refractivity contribution is 4.89. The van der Waals surface area contributed by atoms with Crippen LogP contribution < -0.4 is 5.32 Å². The molecule has 0 aromatic heterocycles. The molecule has 0 aromatic carbocycles. The summed E-state index contributed by atoms with van der Waals surface area (Å²) >= 11 is 0. The summed E-state index contributed by atoms with van der Waals surface area (Å²) in [6.45, 7) is 9.98. The van der Waals surface area contributed by atoms with Crippen LogP contribution in [0.2, 0.25) is 0 Å². The lowest BCUT2D eigenvalue weighted by Gasteiger charge is -2.34. The van der Waals surface area contributed by atoms with Crippen LogP contribution in [0.4, 0.5) is 0 Å². The third-order valence-electron chi connectivity index (χ3n) is 3.23. The van der Waals surface area contributed by atoms with Gasteiger partial charge in [0, 0.05) is 18.1 Å². The van der Waals surface area contributed by atoms with Gasteiger partial charge in [-0.3, -0.25) is 4.90 Å². The first-order valence-electron chi connectivity index (χ1n) is 5.69. The van der Waals surface area contributed by atoms with Gasteiger partial charge in [-0.15, -0.1) is 0 Å². The maximum Gasteiger partial charge on any atom is 0.0597 e. The minimum absolute atomic E-state index is 0.234. The van der Waals surface area contributed by atoms with Crippen LogP contribution in [0.1, 0.15) is 33.6 Å². The predicted molar refractivity (Wildman–Crippen MR) is 59.4 cm³/mol. The second kappa shape index (κ2) is 5.10. The van der Waals surface area contributed by atoms with Crippen LogP contribution in [0.5, 0.6) is 0 Å². The third-order valence-corrected chi connectivity index (χ3v) is 3.23. The fourth-order valence-corrected chi connectivity index (χ4v) is 2.24. The van der Waals surface area contributed by atoms with E-state index in [9.17, 15) is 5.11 Å². The number of hydrogen-bond acceptors (Lipinski definition) is 3. The molecule has 1 heterocycles. The maximum absolute atomic E-state index is 9.20. The second-order valence-corrected chi connectivity index (χ2v) is 4.80. The highest BCUT2D eigenvalue weighted by Crippen LogP contribution is 2.27. The summed E-state index contributed by atoms with van der Waals surface area (Å²) in [6.07, 6.45) is 2.56. The minimum atomic E-state index is 0.234. The summed E-state index contributed by atoms with van der Waals surface area (Å²) in [7, 11) is 0. The van der Waals surface area contributed by atoms with Crippen LogP contribution in [0, 0.1) is 0 Å². The normalized spacial score (nSPS) is 24.0. The molecule has 0 radical (unpaired) electrons. The van der Waals surface area contributed by atoms with E-state index in [4.69, 9.17) is 0 Å². The number of hydrogen-bond donors (Lipinski definition) is 2. The molecule has 1 rings (SSSR count). The lowest BCUT2D eigenvalue weighted by atomic mass is 10.0. The predicted octanol–water partition coefficient (Wildman–Crippen LogP) is 0.831. The molecule has 3 heteroatoms. The molecule has 1 aliphatic heterocycles. The minimum Gasteiger partial charge on any atom is -0.395 e. The summed E-state index contributed by atoms with van der Waals surface area (Å²) in [4.78, 5) is 2.48. The van der Waals surface area contributed by atoms with Gasteiger partial charge in [0.15, 0.2) is 0 Å². The molecule has 1 aliphatic rings. The van der Waals surface area contributed by atoms with Gasteiger partial charge in [-0.05, 0) is 39.8 Å². The van der Waals surface area contributed by atoms with E-state index in [1.807, 2.05) is 0 Å². The zero-order chi connectivity index (χ0) is 10.6. The SMILES string of the molecule is CCNC(CO)CN1CCCC1(C)C. The van der Waals surface area contributed by atoms with Gasteiger partial charge in [-0.1, -0.05) is 6.92 Å². The third kappa shape index (κ3) is 2.94. The van der Waals surface area contributed by atoms with Crippen molar-refractivity contribution in [2.24, 2.45) is 0 Å². The molecule has 0 saturated carbocycles. The van der Waals surface area contributed by atoms with Gasteiger partial charge in [0.2, 0.25) is 0 Å². The van der Waals surface area contributed by atoms with Crippen LogP contribution in [-0.4, -0.2) is 47.8 Å². The van der Waals surface area contributed by atoms with Gasteiger partial charge in [-0.25, -0.2) is 0 Å². The number of aliphatic hydroxyl groups excluding tert-OH is 1. The van der Waals surface area contributed by atoms with E-state index in [2.05, 4.69) is 31.0 Å². The summed E-state index contributed by atoms with van der Waals surface area (Å²) in [5, 5.41) is 12.5. The zero-order valence-electron chi connectivity index (χ0n) is 9.71. The van der Waals surface area contributed by atoms with Crippen molar-refractivity contribution in [2.75, 3.05) is 26.2 Å². The van der Waals surface area contributed by atoms with E-state index in [1.165, 1.54) is 19.4 Å². The van der Waals surface area contributed by atoms with Crippen molar-refractivity contribution in [3.63, 3.8) is 0 Å². The van der Waals surface area contributed by atoms with Crippen molar-refractivity contribution in [3.8, 4) is 0 Å². The Morgan fingerprint density at radius 1 is 1.50 bits per heavy atom. The van der Waals surface area contributed by atoms with Gasteiger partial charge in [0.05, 0.1) is 6.61 Å². The van der Waals surface area contributed by atoms with E-state index in [-0.39, 0.29) is 12.6 Å². The summed E-state index contributed by atoms with van der Waals surface area (Å²) in [5.41, 5.74) is 0.322. The molecule has 1 fully saturated rings. The number of rotatable bonds is 5. The average Bonchev–Trinajstić information content (AvgIpc) is 2.45. The molecule has 0 spiro atoms. The molecule has 0 bridgehead atoms. The first kappa shape index (κ1) is 12.0. The molecule has 1 unspecified atom stereocenters. The largest absolute Gasteiger partial charge is 0.395 e. The summed E-state index contributed by atoms with van der Waals surface area (Å²) < 4.78 is 0. The van der Waals surface area contributed by atoms with Crippen molar-refractivity contribution in [2.45, 2.75) is 45.2 Å². The Hall–Kier alpha value is -0.120. The Balaban J connectivity index is 2.41. The van der Waals surface area contributed by atoms with Crippen molar-refractivity contribution < 1.29 is 5.11 Å². The number of likely N-dealkylation sites (N-methyl/N-ethyl adjacent to an activating group) is 1. The van der Waals surface area contributed by atoms with E-state index in [0.717, 1.165) is 13.1 Å². The first-order chi connectivity index (χ1) is 6.60. The second-order valence-electron chi connectivity index (χ2n) is 4.80. The Morgan fingerprint density at radius 3 is 2.64 bits per heavy atom. The van der Waals surface area contributed by atoms with E-state index in [0.29, 0.717) is 5.54 Å². The van der Waals surface area contributed by atoms with E-state index < -0.39 is 0 Å². The summed E-state index contributed by atoms with van der Waals surface area (Å²) in [6, 6.07) is 0.234. The molecule has 0 aliphatic carbocycles. The van der Waals surface area contributed by atoms with Gasteiger partial charge < -0.3 is 10.4 Å². The van der Waals surface area contributed by atoms with E-state index in [1.54, 1.807) is 0 Å². The highest BCUT2D eigenvalue weighted by atomic mass is 16.3. The monoisotopic (exact) mass is 200 g/mol. The highest BCUT2D eigenvalue weighted by Gasteiger charge is 2.32. The van der Waals surface area contributed by atoms with Gasteiger partial charge in [0.1, 0.15) is 0 Å². The molecule has 0 aromatic rings. The molecule has 1 atom stereocenters. The summed E-state index contributed by atoms with van der Waals surface area (Å²) in [5.74, 6) is 0. The molecular weight excluding hydrogens is 176 g/mol. The van der Waals surface area contributed by atoms with Gasteiger partial charge >= 0.3 is 0 Å². The van der Waals surface area contributed by atoms with Crippen LogP contribution >= 0.6 is 0 Å². The average molecular weight is 200 g/mol. The molecule has 14 heavy (non-hydrogen) atoms. The van der Waals surface area contributed by atoms with Gasteiger partial charge in [-0.2, -0.15) is 0 Å². The lowest BCUT2D eigenvalue weighted by molar-refractivity contribution is 0.131.